The molecule has 4 rings (SSSR count). The Morgan fingerprint density at radius 1 is 0.793 bits per heavy atom. The quantitative estimate of drug-likeness (QED) is 0.724. The number of rotatable bonds is 4. The lowest BCUT2D eigenvalue weighted by Gasteiger charge is -2.36. The third-order valence-electron chi connectivity index (χ3n) is 5.89. The average molecular weight is 389 g/mol. The Bertz CT molecular complexity index is 1010. The summed E-state index contributed by atoms with van der Waals surface area (Å²) in [4.78, 5) is 9.37. The first kappa shape index (κ1) is 19.2. The Kier molecular flexibility index (Phi) is 5.34. The van der Waals surface area contributed by atoms with Gasteiger partial charge in [0.2, 0.25) is 5.95 Å². The van der Waals surface area contributed by atoms with Crippen LogP contribution in [0.4, 0.5) is 23.1 Å². The molecule has 6 heteroatoms. The van der Waals surface area contributed by atoms with Crippen LogP contribution < -0.4 is 15.1 Å². The highest BCUT2D eigenvalue weighted by atomic mass is 15.4. The molecule has 0 radical (unpaired) electrons. The first-order valence-electron chi connectivity index (χ1n) is 10.1. The molecule has 0 bridgehead atoms. The molecule has 1 fully saturated rings. The molecule has 0 amide bonds. The number of hydrogen-bond donors (Lipinski definition) is 1. The fraction of sp³-hybridized carbons (Fsp3) is 0.348. The van der Waals surface area contributed by atoms with E-state index in [1.54, 1.807) is 6.20 Å². The second kappa shape index (κ2) is 8.07. The fourth-order valence-electron chi connectivity index (χ4n) is 3.74. The zero-order valence-corrected chi connectivity index (χ0v) is 17.6. The van der Waals surface area contributed by atoms with Gasteiger partial charge in [-0.2, -0.15) is 10.1 Å². The zero-order valence-electron chi connectivity index (χ0n) is 17.6. The van der Waals surface area contributed by atoms with E-state index in [1.807, 2.05) is 6.07 Å². The smallest absolute Gasteiger partial charge is 0.247 e. The first-order chi connectivity index (χ1) is 14.0. The molecule has 0 saturated carbocycles. The molecule has 0 spiro atoms. The summed E-state index contributed by atoms with van der Waals surface area (Å²) < 4.78 is 0. The van der Waals surface area contributed by atoms with Gasteiger partial charge in [0.15, 0.2) is 5.82 Å². The molecule has 0 aliphatic carbocycles. The molecule has 150 valence electrons. The van der Waals surface area contributed by atoms with E-state index in [-0.39, 0.29) is 0 Å². The van der Waals surface area contributed by atoms with Gasteiger partial charge in [0.05, 0.1) is 6.20 Å². The summed E-state index contributed by atoms with van der Waals surface area (Å²) in [6, 6.07) is 12.7. The minimum absolute atomic E-state index is 0.681. The molecule has 0 unspecified atom stereocenters. The molecule has 1 N–H and O–H groups in total. The standard InChI is InChI=1S/C23H28N6/c1-16-7-5-9-20(18(16)3)25-22-15-24-27-23(26-22)29-13-11-28(12-14-29)21-10-6-8-17(2)19(21)4/h5-10,15H,11-14H2,1-4H3,(H,25,26,27). The maximum Gasteiger partial charge on any atom is 0.247 e. The van der Waals surface area contributed by atoms with Crippen molar-refractivity contribution >= 4 is 23.1 Å². The van der Waals surface area contributed by atoms with Crippen LogP contribution in [0.5, 0.6) is 0 Å². The van der Waals surface area contributed by atoms with Crippen LogP contribution in [0.25, 0.3) is 0 Å². The van der Waals surface area contributed by atoms with Gasteiger partial charge in [-0.25, -0.2) is 0 Å². The van der Waals surface area contributed by atoms with Crippen LogP contribution in [-0.4, -0.2) is 41.4 Å². The Hall–Kier alpha value is -3.15. The van der Waals surface area contributed by atoms with Crippen LogP contribution in [0.2, 0.25) is 0 Å². The van der Waals surface area contributed by atoms with E-state index in [2.05, 4.69) is 83.3 Å². The number of aryl methyl sites for hydroxylation is 2. The minimum Gasteiger partial charge on any atom is -0.368 e. The number of aromatic nitrogens is 3. The molecule has 0 atom stereocenters. The summed E-state index contributed by atoms with van der Waals surface area (Å²) in [5.41, 5.74) is 7.54. The van der Waals surface area contributed by atoms with E-state index >= 15 is 0 Å². The zero-order chi connectivity index (χ0) is 20.4. The Morgan fingerprint density at radius 3 is 2.21 bits per heavy atom. The van der Waals surface area contributed by atoms with Gasteiger partial charge < -0.3 is 15.1 Å². The highest BCUT2D eigenvalue weighted by Gasteiger charge is 2.21. The van der Waals surface area contributed by atoms with Gasteiger partial charge in [-0.3, -0.25) is 0 Å². The third kappa shape index (κ3) is 4.01. The van der Waals surface area contributed by atoms with Crippen molar-refractivity contribution in [1.29, 1.82) is 0 Å². The summed E-state index contributed by atoms with van der Waals surface area (Å²) in [5.74, 6) is 1.40. The van der Waals surface area contributed by atoms with Crippen LogP contribution in [-0.2, 0) is 0 Å². The van der Waals surface area contributed by atoms with Crippen LogP contribution in [0.3, 0.4) is 0 Å². The molecule has 6 nitrogen and oxygen atoms in total. The fourth-order valence-corrected chi connectivity index (χ4v) is 3.74. The molecule has 1 aromatic heterocycles. The van der Waals surface area contributed by atoms with Gasteiger partial charge in [0, 0.05) is 37.6 Å². The number of anilines is 4. The molecule has 1 aliphatic rings. The summed E-state index contributed by atoms with van der Waals surface area (Å²) in [6.07, 6.45) is 1.68. The highest BCUT2D eigenvalue weighted by Crippen LogP contribution is 2.25. The largest absolute Gasteiger partial charge is 0.368 e. The Labute approximate surface area is 172 Å². The molecule has 3 aromatic rings. The van der Waals surface area contributed by atoms with E-state index in [0.717, 1.165) is 37.7 Å². The maximum atomic E-state index is 4.71. The molecule has 29 heavy (non-hydrogen) atoms. The lowest BCUT2D eigenvalue weighted by atomic mass is 10.1. The van der Waals surface area contributed by atoms with Crippen molar-refractivity contribution in [3.63, 3.8) is 0 Å². The third-order valence-corrected chi connectivity index (χ3v) is 5.89. The summed E-state index contributed by atoms with van der Waals surface area (Å²) in [5, 5.41) is 11.9. The summed E-state index contributed by atoms with van der Waals surface area (Å²) in [6.45, 7) is 12.2. The SMILES string of the molecule is Cc1cccc(Nc2cnnc(N3CCN(c4cccc(C)c4C)CC3)n2)c1C. The Balaban J connectivity index is 1.46. The number of hydrogen-bond acceptors (Lipinski definition) is 6. The monoisotopic (exact) mass is 388 g/mol. The average Bonchev–Trinajstić information content (AvgIpc) is 2.74. The highest BCUT2D eigenvalue weighted by molar-refractivity contribution is 5.62. The van der Waals surface area contributed by atoms with Gasteiger partial charge in [0.25, 0.3) is 0 Å². The van der Waals surface area contributed by atoms with Crippen molar-refractivity contribution in [1.82, 2.24) is 15.2 Å². The van der Waals surface area contributed by atoms with Gasteiger partial charge in [0.1, 0.15) is 0 Å². The molecular formula is C23H28N6. The van der Waals surface area contributed by atoms with Crippen molar-refractivity contribution in [2.24, 2.45) is 0 Å². The van der Waals surface area contributed by atoms with Crippen LogP contribution in [0, 0.1) is 27.7 Å². The number of nitrogens with zero attached hydrogens (tertiary/aromatic N) is 5. The number of piperazine rings is 1. The molecule has 1 saturated heterocycles. The van der Waals surface area contributed by atoms with Crippen molar-refractivity contribution in [2.45, 2.75) is 27.7 Å². The van der Waals surface area contributed by atoms with E-state index in [9.17, 15) is 0 Å². The van der Waals surface area contributed by atoms with Crippen LogP contribution in [0.1, 0.15) is 22.3 Å². The van der Waals surface area contributed by atoms with E-state index < -0.39 is 0 Å². The first-order valence-corrected chi connectivity index (χ1v) is 10.1. The lowest BCUT2D eigenvalue weighted by molar-refractivity contribution is 0.634. The summed E-state index contributed by atoms with van der Waals surface area (Å²) >= 11 is 0. The van der Waals surface area contributed by atoms with Gasteiger partial charge in [-0.1, -0.05) is 24.3 Å². The topological polar surface area (TPSA) is 57.2 Å². The van der Waals surface area contributed by atoms with Gasteiger partial charge >= 0.3 is 0 Å². The number of benzene rings is 2. The van der Waals surface area contributed by atoms with Gasteiger partial charge in [-0.15, -0.1) is 5.10 Å². The maximum absolute atomic E-state index is 4.71. The number of nitrogens with one attached hydrogen (secondary N) is 1. The van der Waals surface area contributed by atoms with Crippen molar-refractivity contribution in [3.05, 3.63) is 64.8 Å². The predicted molar refractivity (Wildman–Crippen MR) is 119 cm³/mol. The Morgan fingerprint density at radius 2 is 1.45 bits per heavy atom. The predicted octanol–water partition coefficient (Wildman–Crippen LogP) is 4.18. The van der Waals surface area contributed by atoms with Crippen molar-refractivity contribution in [2.75, 3.05) is 41.3 Å². The van der Waals surface area contributed by atoms with Crippen molar-refractivity contribution < 1.29 is 0 Å². The second-order valence-corrected chi connectivity index (χ2v) is 7.71. The normalized spacial score (nSPS) is 14.2. The molecule has 2 aromatic carbocycles. The minimum atomic E-state index is 0.681. The molecule has 1 aliphatic heterocycles. The van der Waals surface area contributed by atoms with Crippen LogP contribution >= 0.6 is 0 Å². The summed E-state index contributed by atoms with van der Waals surface area (Å²) in [7, 11) is 0. The van der Waals surface area contributed by atoms with Crippen LogP contribution in [0.15, 0.2) is 42.6 Å². The molecule has 2 heterocycles. The van der Waals surface area contributed by atoms with E-state index in [0.29, 0.717) is 5.95 Å². The lowest BCUT2D eigenvalue weighted by Crippen LogP contribution is -2.47. The van der Waals surface area contributed by atoms with E-state index in [4.69, 9.17) is 4.98 Å². The van der Waals surface area contributed by atoms with Crippen molar-refractivity contribution in [3.8, 4) is 0 Å². The molecular weight excluding hydrogens is 360 g/mol. The van der Waals surface area contributed by atoms with E-state index in [1.165, 1.54) is 27.9 Å². The second-order valence-electron chi connectivity index (χ2n) is 7.71. The van der Waals surface area contributed by atoms with Gasteiger partial charge in [-0.05, 0) is 62.1 Å².